The van der Waals surface area contributed by atoms with E-state index in [1.165, 1.54) is 25.3 Å². The lowest BCUT2D eigenvalue weighted by atomic mass is 10.0. The number of benzene rings is 1. The summed E-state index contributed by atoms with van der Waals surface area (Å²) < 4.78 is 29.5. The first-order valence-electron chi connectivity index (χ1n) is 6.95. The molecule has 4 nitrogen and oxygen atoms in total. The first kappa shape index (κ1) is 17.1. The summed E-state index contributed by atoms with van der Waals surface area (Å²) >= 11 is 3.24. The second-order valence-corrected chi connectivity index (χ2v) is 8.75. The van der Waals surface area contributed by atoms with E-state index in [4.69, 9.17) is 15.4 Å². The molecule has 1 saturated heterocycles. The third-order valence-corrected chi connectivity index (χ3v) is 5.63. The molecule has 1 aliphatic rings. The molecule has 2 rings (SSSR count). The molecule has 0 N–H and O–H groups in total. The molecular formula is C14H19BrClNO3S. The Labute approximate surface area is 139 Å². The number of rotatable bonds is 5. The van der Waals surface area contributed by atoms with Gasteiger partial charge in [0.1, 0.15) is 10.6 Å². The van der Waals surface area contributed by atoms with E-state index in [9.17, 15) is 8.42 Å². The number of likely N-dealkylation sites (tertiary alicyclic amines) is 1. The van der Waals surface area contributed by atoms with Gasteiger partial charge >= 0.3 is 0 Å². The van der Waals surface area contributed by atoms with E-state index in [1.54, 1.807) is 12.1 Å². The molecule has 7 heteroatoms. The summed E-state index contributed by atoms with van der Waals surface area (Å²) in [6.07, 6.45) is 4.54. The molecule has 1 aromatic rings. The maximum absolute atomic E-state index is 11.6. The normalized spacial score (nSPS) is 20.4. The first-order chi connectivity index (χ1) is 9.88. The summed E-state index contributed by atoms with van der Waals surface area (Å²) in [7, 11) is 3.76. The van der Waals surface area contributed by atoms with E-state index in [-0.39, 0.29) is 4.90 Å². The number of ether oxygens (including phenoxy) is 1. The topological polar surface area (TPSA) is 46.6 Å². The SMILES string of the molecule is CN1CCCCC1CCOc1ccc(Br)cc1S(=O)(=O)Cl. The molecule has 0 spiro atoms. The Hall–Kier alpha value is -0.300. The highest BCUT2D eigenvalue weighted by molar-refractivity contribution is 9.10. The van der Waals surface area contributed by atoms with Crippen LogP contribution in [-0.4, -0.2) is 39.6 Å². The Morgan fingerprint density at radius 2 is 2.19 bits per heavy atom. The van der Waals surface area contributed by atoms with Crippen molar-refractivity contribution in [2.24, 2.45) is 0 Å². The van der Waals surface area contributed by atoms with Crippen molar-refractivity contribution in [1.82, 2.24) is 4.90 Å². The predicted octanol–water partition coefficient (Wildman–Crippen LogP) is 3.63. The van der Waals surface area contributed by atoms with Crippen LogP contribution in [0, 0.1) is 0 Å². The van der Waals surface area contributed by atoms with Gasteiger partial charge in [0.05, 0.1) is 6.61 Å². The molecule has 1 aromatic carbocycles. The molecule has 0 aromatic heterocycles. The molecule has 1 atom stereocenters. The maximum atomic E-state index is 11.6. The maximum Gasteiger partial charge on any atom is 0.265 e. The van der Waals surface area contributed by atoms with E-state index in [1.807, 2.05) is 0 Å². The van der Waals surface area contributed by atoms with Gasteiger partial charge in [-0.1, -0.05) is 22.4 Å². The monoisotopic (exact) mass is 395 g/mol. The molecule has 1 heterocycles. The predicted molar refractivity (Wildman–Crippen MR) is 87.6 cm³/mol. The van der Waals surface area contributed by atoms with Crippen molar-refractivity contribution in [1.29, 1.82) is 0 Å². The number of nitrogens with zero attached hydrogens (tertiary/aromatic N) is 1. The fourth-order valence-corrected chi connectivity index (χ4v) is 4.11. The summed E-state index contributed by atoms with van der Waals surface area (Å²) in [6, 6.07) is 5.34. The van der Waals surface area contributed by atoms with Gasteiger partial charge in [-0.2, -0.15) is 0 Å². The average molecular weight is 397 g/mol. The number of hydrogen-bond donors (Lipinski definition) is 0. The summed E-state index contributed by atoms with van der Waals surface area (Å²) in [5.41, 5.74) is 0. The van der Waals surface area contributed by atoms with Gasteiger partial charge in [0.2, 0.25) is 0 Å². The fourth-order valence-electron chi connectivity index (χ4n) is 2.61. The van der Waals surface area contributed by atoms with Crippen LogP contribution in [0.3, 0.4) is 0 Å². The molecule has 118 valence electrons. The fraction of sp³-hybridized carbons (Fsp3) is 0.571. The van der Waals surface area contributed by atoms with Gasteiger partial charge in [-0.3, -0.25) is 0 Å². The Bertz CT molecular complexity index is 594. The largest absolute Gasteiger partial charge is 0.492 e. The highest BCUT2D eigenvalue weighted by Crippen LogP contribution is 2.30. The molecule has 1 fully saturated rings. The lowest BCUT2D eigenvalue weighted by Gasteiger charge is -2.32. The molecule has 0 saturated carbocycles. The van der Waals surface area contributed by atoms with Crippen molar-refractivity contribution in [2.45, 2.75) is 36.6 Å². The summed E-state index contributed by atoms with van der Waals surface area (Å²) in [5.74, 6) is 0.312. The van der Waals surface area contributed by atoms with Crippen molar-refractivity contribution >= 4 is 35.7 Å². The van der Waals surface area contributed by atoms with Crippen LogP contribution in [-0.2, 0) is 9.05 Å². The van der Waals surface area contributed by atoms with Gasteiger partial charge in [0.25, 0.3) is 9.05 Å². The van der Waals surface area contributed by atoms with Crippen LogP contribution >= 0.6 is 26.6 Å². The molecule has 1 unspecified atom stereocenters. The van der Waals surface area contributed by atoms with E-state index in [0.717, 1.165) is 13.0 Å². The smallest absolute Gasteiger partial charge is 0.265 e. The van der Waals surface area contributed by atoms with Crippen LogP contribution in [0.5, 0.6) is 5.75 Å². The molecule has 21 heavy (non-hydrogen) atoms. The Balaban J connectivity index is 2.00. The van der Waals surface area contributed by atoms with Gasteiger partial charge in [0, 0.05) is 21.2 Å². The second-order valence-electron chi connectivity index (χ2n) is 5.30. The summed E-state index contributed by atoms with van der Waals surface area (Å²) in [5, 5.41) is 0. The van der Waals surface area contributed by atoms with Gasteiger partial charge in [-0.05, 0) is 51.1 Å². The van der Waals surface area contributed by atoms with Crippen molar-refractivity contribution in [3.8, 4) is 5.75 Å². The molecule has 0 bridgehead atoms. The standard InChI is InChI=1S/C14H19BrClNO3S/c1-17-8-3-2-4-12(17)7-9-20-13-6-5-11(15)10-14(13)21(16,18)19/h5-6,10,12H,2-4,7-9H2,1H3. The van der Waals surface area contributed by atoms with Crippen LogP contribution in [0.2, 0.25) is 0 Å². The second kappa shape index (κ2) is 7.31. The lowest BCUT2D eigenvalue weighted by Crippen LogP contribution is -2.37. The third-order valence-electron chi connectivity index (χ3n) is 3.80. The quantitative estimate of drug-likeness (QED) is 0.713. The molecule has 0 amide bonds. The lowest BCUT2D eigenvalue weighted by molar-refractivity contribution is 0.152. The number of piperidine rings is 1. The van der Waals surface area contributed by atoms with Crippen molar-refractivity contribution in [2.75, 3.05) is 20.2 Å². The van der Waals surface area contributed by atoms with E-state index >= 15 is 0 Å². The number of hydrogen-bond acceptors (Lipinski definition) is 4. The average Bonchev–Trinajstić information content (AvgIpc) is 2.41. The highest BCUT2D eigenvalue weighted by Gasteiger charge is 2.20. The zero-order valence-electron chi connectivity index (χ0n) is 11.9. The van der Waals surface area contributed by atoms with Gasteiger partial charge in [-0.25, -0.2) is 8.42 Å². The van der Waals surface area contributed by atoms with E-state index in [2.05, 4.69) is 27.9 Å². The third kappa shape index (κ3) is 4.84. The zero-order valence-corrected chi connectivity index (χ0v) is 15.0. The van der Waals surface area contributed by atoms with Crippen LogP contribution in [0.25, 0.3) is 0 Å². The minimum atomic E-state index is -3.82. The van der Waals surface area contributed by atoms with Gasteiger partial charge in [-0.15, -0.1) is 0 Å². The van der Waals surface area contributed by atoms with Crippen molar-refractivity contribution < 1.29 is 13.2 Å². The Kier molecular flexibility index (Phi) is 5.94. The summed E-state index contributed by atoms with van der Waals surface area (Å²) in [4.78, 5) is 2.35. The van der Waals surface area contributed by atoms with E-state index in [0.29, 0.717) is 22.9 Å². The minimum Gasteiger partial charge on any atom is -0.492 e. The molecule has 1 aliphatic heterocycles. The van der Waals surface area contributed by atoms with Crippen molar-refractivity contribution in [3.63, 3.8) is 0 Å². The summed E-state index contributed by atoms with van der Waals surface area (Å²) in [6.45, 7) is 1.60. The Morgan fingerprint density at radius 1 is 1.43 bits per heavy atom. The molecule has 0 aliphatic carbocycles. The van der Waals surface area contributed by atoms with Gasteiger partial charge in [0.15, 0.2) is 0 Å². The van der Waals surface area contributed by atoms with Crippen LogP contribution in [0.15, 0.2) is 27.6 Å². The van der Waals surface area contributed by atoms with Gasteiger partial charge < -0.3 is 9.64 Å². The first-order valence-corrected chi connectivity index (χ1v) is 10.1. The van der Waals surface area contributed by atoms with E-state index < -0.39 is 9.05 Å². The van der Waals surface area contributed by atoms with Crippen LogP contribution in [0.1, 0.15) is 25.7 Å². The van der Waals surface area contributed by atoms with Crippen LogP contribution < -0.4 is 4.74 Å². The molecule has 0 radical (unpaired) electrons. The molecular weight excluding hydrogens is 378 g/mol. The Morgan fingerprint density at radius 3 is 2.86 bits per heavy atom. The highest BCUT2D eigenvalue weighted by atomic mass is 79.9. The van der Waals surface area contributed by atoms with Crippen LogP contribution in [0.4, 0.5) is 0 Å². The number of halogens is 2. The minimum absolute atomic E-state index is 0.00976. The zero-order chi connectivity index (χ0) is 15.5. The van der Waals surface area contributed by atoms with Crippen molar-refractivity contribution in [3.05, 3.63) is 22.7 Å².